The first-order chi connectivity index (χ1) is 10.0. The van der Waals surface area contributed by atoms with Gasteiger partial charge in [0.25, 0.3) is 10.0 Å². The van der Waals surface area contributed by atoms with Crippen LogP contribution in [0.15, 0.2) is 53.4 Å². The van der Waals surface area contributed by atoms with Crippen LogP contribution in [-0.4, -0.2) is 21.6 Å². The Hall–Kier alpha value is -2.05. The van der Waals surface area contributed by atoms with Gasteiger partial charge < -0.3 is 10.5 Å². The van der Waals surface area contributed by atoms with Crippen molar-refractivity contribution in [3.8, 4) is 5.75 Å². The first kappa shape index (κ1) is 15.3. The van der Waals surface area contributed by atoms with Gasteiger partial charge in [0.1, 0.15) is 12.4 Å². The van der Waals surface area contributed by atoms with E-state index < -0.39 is 10.0 Å². The topological polar surface area (TPSA) is 81.4 Å². The van der Waals surface area contributed by atoms with E-state index in [-0.39, 0.29) is 4.90 Å². The molecule has 2 rings (SSSR count). The predicted octanol–water partition coefficient (Wildman–Crippen LogP) is 2.13. The number of rotatable bonds is 6. The van der Waals surface area contributed by atoms with E-state index in [1.54, 1.807) is 24.3 Å². The van der Waals surface area contributed by atoms with Gasteiger partial charge in [-0.1, -0.05) is 18.2 Å². The van der Waals surface area contributed by atoms with Crippen molar-refractivity contribution in [1.29, 1.82) is 0 Å². The van der Waals surface area contributed by atoms with Crippen molar-refractivity contribution in [3.05, 3.63) is 54.1 Å². The summed E-state index contributed by atoms with van der Waals surface area (Å²) in [6, 6.07) is 13.5. The number of benzene rings is 2. The molecule has 0 heterocycles. The fourth-order valence-electron chi connectivity index (χ4n) is 1.78. The minimum absolute atomic E-state index is 0.186. The number of ether oxygens (including phenoxy) is 1. The van der Waals surface area contributed by atoms with Crippen molar-refractivity contribution >= 4 is 15.7 Å². The smallest absolute Gasteiger partial charge is 0.261 e. The summed E-state index contributed by atoms with van der Waals surface area (Å²) in [7, 11) is -3.60. The predicted molar refractivity (Wildman–Crippen MR) is 83.0 cm³/mol. The number of nitrogens with two attached hydrogens (primary N) is 1. The van der Waals surface area contributed by atoms with Crippen molar-refractivity contribution < 1.29 is 13.2 Å². The van der Waals surface area contributed by atoms with Crippen molar-refractivity contribution in [2.45, 2.75) is 11.8 Å². The highest BCUT2D eigenvalue weighted by Crippen LogP contribution is 2.21. The largest absolute Gasteiger partial charge is 0.492 e. The van der Waals surface area contributed by atoms with Crippen LogP contribution >= 0.6 is 0 Å². The Kier molecular flexibility index (Phi) is 4.82. The molecule has 0 spiro atoms. The van der Waals surface area contributed by atoms with Crippen LogP contribution in [0.2, 0.25) is 0 Å². The lowest BCUT2D eigenvalue weighted by molar-refractivity contribution is 0.328. The van der Waals surface area contributed by atoms with Crippen LogP contribution in [0.3, 0.4) is 0 Å². The molecule has 3 N–H and O–H groups in total. The second-order valence-electron chi connectivity index (χ2n) is 4.53. The molecule has 21 heavy (non-hydrogen) atoms. The summed E-state index contributed by atoms with van der Waals surface area (Å²) in [5, 5.41) is 0. The first-order valence-electron chi connectivity index (χ1n) is 6.54. The summed E-state index contributed by atoms with van der Waals surface area (Å²) in [4.78, 5) is 0.186. The van der Waals surface area contributed by atoms with Crippen LogP contribution in [0.1, 0.15) is 5.56 Å². The molecule has 0 aliphatic rings. The second kappa shape index (κ2) is 6.60. The molecule has 0 aliphatic heterocycles. The second-order valence-corrected chi connectivity index (χ2v) is 6.21. The molecular formula is C15H18N2O3S. The zero-order valence-corrected chi connectivity index (χ0v) is 12.6. The van der Waals surface area contributed by atoms with Crippen molar-refractivity contribution in [3.63, 3.8) is 0 Å². The lowest BCUT2D eigenvalue weighted by Crippen LogP contribution is -2.14. The molecule has 2 aromatic carbocycles. The van der Waals surface area contributed by atoms with Crippen LogP contribution < -0.4 is 15.2 Å². The summed E-state index contributed by atoms with van der Waals surface area (Å²) in [5.41, 5.74) is 6.78. The third kappa shape index (κ3) is 3.96. The Morgan fingerprint density at radius 3 is 2.38 bits per heavy atom. The Balaban J connectivity index is 2.18. The van der Waals surface area contributed by atoms with E-state index in [4.69, 9.17) is 10.5 Å². The molecule has 0 saturated carbocycles. The average molecular weight is 306 g/mol. The van der Waals surface area contributed by atoms with Gasteiger partial charge in [-0.15, -0.1) is 0 Å². The van der Waals surface area contributed by atoms with E-state index in [9.17, 15) is 8.42 Å². The number of anilines is 1. The molecule has 0 atom stereocenters. The molecule has 0 fully saturated rings. The van der Waals surface area contributed by atoms with E-state index in [0.29, 0.717) is 24.6 Å². The van der Waals surface area contributed by atoms with Gasteiger partial charge in [-0.2, -0.15) is 0 Å². The maximum Gasteiger partial charge on any atom is 0.261 e. The van der Waals surface area contributed by atoms with E-state index in [1.165, 1.54) is 12.1 Å². The summed E-state index contributed by atoms with van der Waals surface area (Å²) in [5.74, 6) is 0.593. The number of nitrogens with one attached hydrogen (secondary N) is 1. The van der Waals surface area contributed by atoms with Gasteiger partial charge in [0, 0.05) is 6.54 Å². The van der Waals surface area contributed by atoms with Gasteiger partial charge in [-0.25, -0.2) is 8.42 Å². The number of para-hydroxylation sites is 1. The Bertz CT molecular complexity index is 697. The van der Waals surface area contributed by atoms with E-state index >= 15 is 0 Å². The van der Waals surface area contributed by atoms with Crippen LogP contribution in [0.5, 0.6) is 5.75 Å². The molecule has 0 aliphatic carbocycles. The molecule has 5 nitrogen and oxygen atoms in total. The molecule has 0 aromatic heterocycles. The van der Waals surface area contributed by atoms with Crippen LogP contribution in [-0.2, 0) is 10.0 Å². The normalized spacial score (nSPS) is 11.1. The van der Waals surface area contributed by atoms with Crippen molar-refractivity contribution in [1.82, 2.24) is 0 Å². The Morgan fingerprint density at radius 1 is 1.10 bits per heavy atom. The number of hydrogen-bond acceptors (Lipinski definition) is 4. The molecule has 0 radical (unpaired) electrons. The third-order valence-corrected chi connectivity index (χ3v) is 4.29. The van der Waals surface area contributed by atoms with Gasteiger partial charge in [-0.05, 0) is 42.8 Å². The fraction of sp³-hybridized carbons (Fsp3) is 0.200. The molecule has 0 bridgehead atoms. The maximum absolute atomic E-state index is 12.3. The number of aryl methyl sites for hydroxylation is 1. The van der Waals surface area contributed by atoms with E-state index in [0.717, 1.165) is 5.56 Å². The molecule has 112 valence electrons. The third-order valence-electron chi connectivity index (χ3n) is 2.91. The van der Waals surface area contributed by atoms with Crippen LogP contribution in [0, 0.1) is 6.92 Å². The summed E-state index contributed by atoms with van der Waals surface area (Å²) in [6.45, 7) is 2.66. The monoisotopic (exact) mass is 306 g/mol. The highest BCUT2D eigenvalue weighted by Gasteiger charge is 2.15. The Morgan fingerprint density at radius 2 is 1.76 bits per heavy atom. The average Bonchev–Trinajstić information content (AvgIpc) is 2.48. The van der Waals surface area contributed by atoms with Crippen molar-refractivity contribution in [2.75, 3.05) is 17.9 Å². The van der Waals surface area contributed by atoms with Gasteiger partial charge in [0.05, 0.1) is 10.6 Å². The minimum atomic E-state index is -3.60. The van der Waals surface area contributed by atoms with Crippen molar-refractivity contribution in [2.24, 2.45) is 5.73 Å². The molecule has 0 unspecified atom stereocenters. The highest BCUT2D eigenvalue weighted by atomic mass is 32.2. The number of sulfonamides is 1. The molecule has 2 aromatic rings. The fourth-order valence-corrected chi connectivity index (χ4v) is 2.91. The van der Waals surface area contributed by atoms with Crippen LogP contribution in [0.25, 0.3) is 0 Å². The standard InChI is InChI=1S/C15H18N2O3S/c1-12-4-2-3-5-15(12)17-21(18,19)14-8-6-13(7-9-14)20-11-10-16/h2-9,17H,10-11,16H2,1H3. The summed E-state index contributed by atoms with van der Waals surface area (Å²) in [6.07, 6.45) is 0. The summed E-state index contributed by atoms with van der Waals surface area (Å²) < 4.78 is 32.5. The van der Waals surface area contributed by atoms with E-state index in [1.807, 2.05) is 19.1 Å². The van der Waals surface area contributed by atoms with Crippen LogP contribution in [0.4, 0.5) is 5.69 Å². The highest BCUT2D eigenvalue weighted by molar-refractivity contribution is 7.92. The Labute approximate surface area is 124 Å². The summed E-state index contributed by atoms with van der Waals surface area (Å²) >= 11 is 0. The van der Waals surface area contributed by atoms with Gasteiger partial charge in [-0.3, -0.25) is 4.72 Å². The molecule has 0 amide bonds. The maximum atomic E-state index is 12.3. The van der Waals surface area contributed by atoms with Gasteiger partial charge >= 0.3 is 0 Å². The van der Waals surface area contributed by atoms with Gasteiger partial charge in [0.15, 0.2) is 0 Å². The zero-order chi connectivity index (χ0) is 15.3. The molecule has 6 heteroatoms. The molecular weight excluding hydrogens is 288 g/mol. The zero-order valence-electron chi connectivity index (χ0n) is 11.7. The van der Waals surface area contributed by atoms with Gasteiger partial charge in [0.2, 0.25) is 0 Å². The minimum Gasteiger partial charge on any atom is -0.492 e. The quantitative estimate of drug-likeness (QED) is 0.856. The number of hydrogen-bond donors (Lipinski definition) is 2. The SMILES string of the molecule is Cc1ccccc1NS(=O)(=O)c1ccc(OCCN)cc1. The van der Waals surface area contributed by atoms with E-state index in [2.05, 4.69) is 4.72 Å². The first-order valence-corrected chi connectivity index (χ1v) is 8.02. The molecule has 0 saturated heterocycles. The lowest BCUT2D eigenvalue weighted by atomic mass is 10.2. The lowest BCUT2D eigenvalue weighted by Gasteiger charge is -2.11.